The Labute approximate surface area is 110 Å². The third kappa shape index (κ3) is 3.64. The van der Waals surface area contributed by atoms with Gasteiger partial charge >= 0.3 is 0 Å². The zero-order chi connectivity index (χ0) is 11.5. The summed E-state index contributed by atoms with van der Waals surface area (Å²) in [5.74, 6) is 0.372. The van der Waals surface area contributed by atoms with Crippen LogP contribution in [0.3, 0.4) is 0 Å². The number of rotatable bonds is 5. The molecule has 0 aliphatic heterocycles. The first-order chi connectivity index (χ1) is 7.74. The van der Waals surface area contributed by atoms with Gasteiger partial charge in [0.1, 0.15) is 6.10 Å². The minimum absolute atomic E-state index is 0. The van der Waals surface area contributed by atoms with Gasteiger partial charge in [-0.3, -0.25) is 10.1 Å². The molecular weight excluding hydrogens is 262 g/mol. The molecule has 1 atom stereocenters. The van der Waals surface area contributed by atoms with Gasteiger partial charge in [0.05, 0.1) is 5.69 Å². The molecule has 5 nitrogen and oxygen atoms in total. The molecule has 1 amide bonds. The molecule has 0 bridgehead atoms. The van der Waals surface area contributed by atoms with Gasteiger partial charge in [-0.1, -0.05) is 0 Å². The Morgan fingerprint density at radius 3 is 3.00 bits per heavy atom. The molecule has 7 heteroatoms. The van der Waals surface area contributed by atoms with Crippen molar-refractivity contribution in [2.75, 3.05) is 19.0 Å². The van der Waals surface area contributed by atoms with E-state index in [4.69, 9.17) is 10.5 Å². The van der Waals surface area contributed by atoms with Crippen LogP contribution in [0.5, 0.6) is 0 Å². The lowest BCUT2D eigenvalue weighted by atomic mass is 10.3. The highest BCUT2D eigenvalue weighted by molar-refractivity contribution is 7.13. The third-order valence-corrected chi connectivity index (χ3v) is 3.31. The number of ether oxygens (including phenoxy) is 1. The SMILES string of the molecule is COC(CN)C(=O)Nc1nc(C2CC2)cs1.Cl. The molecule has 1 aliphatic rings. The maximum absolute atomic E-state index is 11.6. The van der Waals surface area contributed by atoms with Crippen molar-refractivity contribution in [1.82, 2.24) is 4.98 Å². The topological polar surface area (TPSA) is 77.2 Å². The number of carbonyl (C=O) groups excluding carboxylic acids is 1. The molecule has 96 valence electrons. The average Bonchev–Trinajstić information content (AvgIpc) is 3.02. The molecule has 17 heavy (non-hydrogen) atoms. The van der Waals surface area contributed by atoms with Crippen molar-refractivity contribution in [2.45, 2.75) is 24.9 Å². The maximum atomic E-state index is 11.6. The number of aromatic nitrogens is 1. The highest BCUT2D eigenvalue weighted by atomic mass is 35.5. The maximum Gasteiger partial charge on any atom is 0.256 e. The molecule has 1 aliphatic carbocycles. The largest absolute Gasteiger partial charge is 0.370 e. The Morgan fingerprint density at radius 1 is 1.76 bits per heavy atom. The summed E-state index contributed by atoms with van der Waals surface area (Å²) in [6.07, 6.45) is 1.81. The second-order valence-electron chi connectivity index (χ2n) is 3.80. The zero-order valence-corrected chi connectivity index (χ0v) is 11.1. The minimum Gasteiger partial charge on any atom is -0.370 e. The Bertz CT molecular complexity index is 377. The van der Waals surface area contributed by atoms with Crippen LogP contribution >= 0.6 is 23.7 Å². The summed E-state index contributed by atoms with van der Waals surface area (Å²) >= 11 is 1.45. The second kappa shape index (κ2) is 6.30. The molecule has 0 saturated heterocycles. The Kier molecular flexibility index (Phi) is 5.32. The summed E-state index contributed by atoms with van der Waals surface area (Å²) in [7, 11) is 1.47. The van der Waals surface area contributed by atoms with Crippen LogP contribution in [0.1, 0.15) is 24.5 Å². The number of thiazole rings is 1. The van der Waals surface area contributed by atoms with E-state index in [0.29, 0.717) is 11.0 Å². The van der Waals surface area contributed by atoms with Gasteiger partial charge in [0, 0.05) is 25.0 Å². The molecule has 0 aromatic carbocycles. The summed E-state index contributed by atoms with van der Waals surface area (Å²) in [6.45, 7) is 0.170. The molecule has 1 saturated carbocycles. The van der Waals surface area contributed by atoms with Crippen molar-refractivity contribution < 1.29 is 9.53 Å². The van der Waals surface area contributed by atoms with E-state index in [1.807, 2.05) is 5.38 Å². The van der Waals surface area contributed by atoms with Crippen molar-refractivity contribution >= 4 is 34.8 Å². The van der Waals surface area contributed by atoms with Crippen LogP contribution in [0, 0.1) is 0 Å². The highest BCUT2D eigenvalue weighted by Crippen LogP contribution is 2.40. The summed E-state index contributed by atoms with van der Waals surface area (Å²) in [4.78, 5) is 16.0. The van der Waals surface area contributed by atoms with Crippen LogP contribution in [0.2, 0.25) is 0 Å². The fourth-order valence-electron chi connectivity index (χ4n) is 1.41. The van der Waals surface area contributed by atoms with Crippen molar-refractivity contribution in [3.8, 4) is 0 Å². The molecule has 1 fully saturated rings. The fourth-order valence-corrected chi connectivity index (χ4v) is 2.20. The molecule has 3 N–H and O–H groups in total. The van der Waals surface area contributed by atoms with Gasteiger partial charge in [0.15, 0.2) is 5.13 Å². The molecule has 1 aromatic rings. The van der Waals surface area contributed by atoms with Crippen molar-refractivity contribution in [2.24, 2.45) is 5.73 Å². The fraction of sp³-hybridized carbons (Fsp3) is 0.600. The molecule has 1 aromatic heterocycles. The number of nitrogens with two attached hydrogens (primary N) is 1. The quantitative estimate of drug-likeness (QED) is 0.852. The number of anilines is 1. The second-order valence-corrected chi connectivity index (χ2v) is 4.66. The highest BCUT2D eigenvalue weighted by Gasteiger charge is 2.26. The van der Waals surface area contributed by atoms with Gasteiger partial charge in [-0.25, -0.2) is 4.98 Å². The molecular formula is C10H16ClN3O2S. The lowest BCUT2D eigenvalue weighted by molar-refractivity contribution is -0.125. The van der Waals surface area contributed by atoms with E-state index < -0.39 is 6.10 Å². The number of nitrogens with one attached hydrogen (secondary N) is 1. The first-order valence-corrected chi connectivity index (χ1v) is 6.11. The predicted molar refractivity (Wildman–Crippen MR) is 69.8 cm³/mol. The summed E-state index contributed by atoms with van der Waals surface area (Å²) in [5.41, 5.74) is 6.48. The standard InChI is InChI=1S/C10H15N3O2S.ClH/c1-15-8(4-11)9(14)13-10-12-7(5-16-10)6-2-3-6;/h5-6,8H,2-4,11H2,1H3,(H,12,13,14);1H. The van der Waals surface area contributed by atoms with Crippen LogP contribution in [0.4, 0.5) is 5.13 Å². The van der Waals surface area contributed by atoms with E-state index in [1.165, 1.54) is 31.3 Å². The smallest absolute Gasteiger partial charge is 0.256 e. The summed E-state index contributed by atoms with van der Waals surface area (Å²) in [5, 5.41) is 5.34. The number of methoxy groups -OCH3 is 1. The van der Waals surface area contributed by atoms with E-state index in [1.54, 1.807) is 0 Å². The first kappa shape index (κ1) is 14.4. The van der Waals surface area contributed by atoms with E-state index in [9.17, 15) is 4.79 Å². The van der Waals surface area contributed by atoms with Gasteiger partial charge in [-0.15, -0.1) is 23.7 Å². The van der Waals surface area contributed by atoms with Crippen LogP contribution in [-0.4, -0.2) is 30.6 Å². The number of carbonyl (C=O) groups is 1. The number of hydrogen-bond acceptors (Lipinski definition) is 5. The van der Waals surface area contributed by atoms with Crippen molar-refractivity contribution in [3.05, 3.63) is 11.1 Å². The Morgan fingerprint density at radius 2 is 2.47 bits per heavy atom. The van der Waals surface area contributed by atoms with Crippen LogP contribution in [0.25, 0.3) is 0 Å². The lowest BCUT2D eigenvalue weighted by Crippen LogP contribution is -2.35. The Balaban J connectivity index is 0.00000144. The third-order valence-electron chi connectivity index (χ3n) is 2.54. The van der Waals surface area contributed by atoms with E-state index in [-0.39, 0.29) is 24.9 Å². The number of nitrogens with zero attached hydrogens (tertiary/aromatic N) is 1. The minimum atomic E-state index is -0.603. The Hall–Kier alpha value is -0.690. The molecule has 0 spiro atoms. The van der Waals surface area contributed by atoms with Gasteiger partial charge < -0.3 is 10.5 Å². The van der Waals surface area contributed by atoms with Gasteiger partial charge in [-0.2, -0.15) is 0 Å². The summed E-state index contributed by atoms with van der Waals surface area (Å²) in [6, 6.07) is 0. The van der Waals surface area contributed by atoms with Gasteiger partial charge in [0.25, 0.3) is 5.91 Å². The van der Waals surface area contributed by atoms with Gasteiger partial charge in [0.2, 0.25) is 0 Å². The number of halogens is 1. The molecule has 1 heterocycles. The lowest BCUT2D eigenvalue weighted by Gasteiger charge is -2.10. The van der Waals surface area contributed by atoms with E-state index >= 15 is 0 Å². The number of amides is 1. The van der Waals surface area contributed by atoms with Crippen molar-refractivity contribution in [3.63, 3.8) is 0 Å². The van der Waals surface area contributed by atoms with E-state index in [0.717, 1.165) is 5.69 Å². The van der Waals surface area contributed by atoms with Crippen molar-refractivity contribution in [1.29, 1.82) is 0 Å². The first-order valence-electron chi connectivity index (χ1n) is 5.23. The number of hydrogen-bond donors (Lipinski definition) is 2. The predicted octanol–water partition coefficient (Wildman–Crippen LogP) is 1.35. The van der Waals surface area contributed by atoms with Crippen LogP contribution in [-0.2, 0) is 9.53 Å². The zero-order valence-electron chi connectivity index (χ0n) is 9.51. The van der Waals surface area contributed by atoms with Gasteiger partial charge in [-0.05, 0) is 12.8 Å². The van der Waals surface area contributed by atoms with E-state index in [2.05, 4.69) is 10.3 Å². The molecule has 2 rings (SSSR count). The summed E-state index contributed by atoms with van der Waals surface area (Å²) < 4.78 is 4.94. The monoisotopic (exact) mass is 277 g/mol. The molecule has 1 unspecified atom stereocenters. The normalized spacial score (nSPS) is 16.1. The molecule has 0 radical (unpaired) electrons. The van der Waals surface area contributed by atoms with Crippen LogP contribution < -0.4 is 11.1 Å². The van der Waals surface area contributed by atoms with Crippen LogP contribution in [0.15, 0.2) is 5.38 Å². The average molecular weight is 278 g/mol.